The Morgan fingerprint density at radius 1 is 1.20 bits per heavy atom. The molecule has 1 unspecified atom stereocenters. The van der Waals surface area contributed by atoms with Crippen LogP contribution in [0.5, 0.6) is 5.75 Å². The van der Waals surface area contributed by atoms with E-state index < -0.39 is 6.04 Å². The van der Waals surface area contributed by atoms with Gasteiger partial charge in [-0.2, -0.15) is 0 Å². The molecule has 3 rings (SSSR count). The highest BCUT2D eigenvalue weighted by Crippen LogP contribution is 2.32. The first-order chi connectivity index (χ1) is 11.9. The van der Waals surface area contributed by atoms with Crippen molar-refractivity contribution >= 4 is 5.91 Å². The Hall–Kier alpha value is -2.33. The third kappa shape index (κ3) is 4.02. The molecule has 0 saturated carbocycles. The third-order valence-corrected chi connectivity index (χ3v) is 4.67. The second-order valence-electron chi connectivity index (χ2n) is 7.14. The molecule has 0 fully saturated rings. The largest absolute Gasteiger partial charge is 0.490 e. The zero-order chi connectivity index (χ0) is 18.0. The molecular formula is C21H26N2O2. The van der Waals surface area contributed by atoms with Gasteiger partial charge < -0.3 is 15.8 Å². The molecule has 25 heavy (non-hydrogen) atoms. The molecule has 4 nitrogen and oxygen atoms in total. The Morgan fingerprint density at radius 2 is 1.88 bits per heavy atom. The quantitative estimate of drug-likeness (QED) is 0.879. The highest BCUT2D eigenvalue weighted by Gasteiger charge is 2.19. The number of fused-ring (bicyclic) bond motifs is 1. The van der Waals surface area contributed by atoms with E-state index in [1.807, 2.05) is 26.0 Å². The van der Waals surface area contributed by atoms with Crippen LogP contribution in [0.2, 0.25) is 0 Å². The Morgan fingerprint density at radius 3 is 2.56 bits per heavy atom. The molecule has 0 aliphatic carbocycles. The first-order valence-corrected chi connectivity index (χ1v) is 8.86. The van der Waals surface area contributed by atoms with E-state index in [9.17, 15) is 4.79 Å². The van der Waals surface area contributed by atoms with E-state index in [1.165, 1.54) is 11.1 Å². The molecule has 1 aliphatic rings. The second-order valence-corrected chi connectivity index (χ2v) is 7.14. The van der Waals surface area contributed by atoms with E-state index in [2.05, 4.69) is 42.6 Å². The lowest BCUT2D eigenvalue weighted by Gasteiger charge is -2.15. The van der Waals surface area contributed by atoms with Gasteiger partial charge in [0.2, 0.25) is 5.91 Å². The van der Waals surface area contributed by atoms with Gasteiger partial charge in [-0.15, -0.1) is 0 Å². The number of carbonyl (C=O) groups excluding carboxylic acids is 1. The monoisotopic (exact) mass is 338 g/mol. The van der Waals surface area contributed by atoms with Crippen LogP contribution in [-0.4, -0.2) is 18.1 Å². The standard InChI is InChI=1S/C21H26N2O2/c1-13(2)20(22)21(24)23-12-15-4-6-16(7-5-15)17-8-9-19-18(11-17)10-14(3)25-19/h4-9,11,13-14,20H,10,12,22H2,1-3H3,(H,23,24)/t14?,20-/m0/s1. The third-order valence-electron chi connectivity index (χ3n) is 4.67. The van der Waals surface area contributed by atoms with Crippen LogP contribution < -0.4 is 15.8 Å². The van der Waals surface area contributed by atoms with Crippen molar-refractivity contribution in [3.8, 4) is 16.9 Å². The highest BCUT2D eigenvalue weighted by atomic mass is 16.5. The first kappa shape index (κ1) is 17.5. The van der Waals surface area contributed by atoms with Gasteiger partial charge in [0, 0.05) is 13.0 Å². The molecule has 2 aromatic carbocycles. The zero-order valence-electron chi connectivity index (χ0n) is 15.1. The summed E-state index contributed by atoms with van der Waals surface area (Å²) in [4.78, 5) is 11.9. The summed E-state index contributed by atoms with van der Waals surface area (Å²) in [6.45, 7) is 6.48. The fraction of sp³-hybridized carbons (Fsp3) is 0.381. The number of rotatable bonds is 5. The van der Waals surface area contributed by atoms with Gasteiger partial charge in [0.15, 0.2) is 0 Å². The summed E-state index contributed by atoms with van der Waals surface area (Å²) in [6, 6.07) is 14.2. The maximum absolute atomic E-state index is 11.9. The molecule has 0 aromatic heterocycles. The molecule has 4 heteroatoms. The minimum absolute atomic E-state index is 0.105. The van der Waals surface area contributed by atoms with Crippen molar-refractivity contribution in [3.05, 3.63) is 53.6 Å². The van der Waals surface area contributed by atoms with E-state index in [0.717, 1.165) is 23.3 Å². The second kappa shape index (κ2) is 7.28. The lowest BCUT2D eigenvalue weighted by Crippen LogP contribution is -2.43. The number of hydrogen-bond donors (Lipinski definition) is 2. The minimum atomic E-state index is -0.463. The average Bonchev–Trinajstić information content (AvgIpc) is 2.98. The van der Waals surface area contributed by atoms with Crippen LogP contribution in [-0.2, 0) is 17.8 Å². The average molecular weight is 338 g/mol. The smallest absolute Gasteiger partial charge is 0.237 e. The molecule has 0 bridgehead atoms. The highest BCUT2D eigenvalue weighted by molar-refractivity contribution is 5.81. The van der Waals surface area contributed by atoms with Gasteiger partial charge in [0.25, 0.3) is 0 Å². The summed E-state index contributed by atoms with van der Waals surface area (Å²) < 4.78 is 5.76. The molecule has 1 amide bonds. The van der Waals surface area contributed by atoms with E-state index in [4.69, 9.17) is 10.5 Å². The van der Waals surface area contributed by atoms with Crippen molar-refractivity contribution in [1.82, 2.24) is 5.32 Å². The summed E-state index contributed by atoms with van der Waals surface area (Å²) in [6.07, 6.45) is 1.22. The van der Waals surface area contributed by atoms with Crippen LogP contribution in [0.3, 0.4) is 0 Å². The predicted molar refractivity (Wildman–Crippen MR) is 100 cm³/mol. The van der Waals surface area contributed by atoms with Crippen molar-refractivity contribution in [2.24, 2.45) is 11.7 Å². The van der Waals surface area contributed by atoms with Gasteiger partial charge in [0.1, 0.15) is 11.9 Å². The van der Waals surface area contributed by atoms with Crippen LogP contribution in [0.25, 0.3) is 11.1 Å². The number of nitrogens with one attached hydrogen (secondary N) is 1. The number of ether oxygens (including phenoxy) is 1. The lowest BCUT2D eigenvalue weighted by atomic mass is 10.00. The van der Waals surface area contributed by atoms with Crippen molar-refractivity contribution < 1.29 is 9.53 Å². The number of hydrogen-bond acceptors (Lipinski definition) is 3. The Balaban J connectivity index is 1.65. The Labute approximate surface area is 149 Å². The van der Waals surface area contributed by atoms with Gasteiger partial charge in [0.05, 0.1) is 6.04 Å². The number of carbonyl (C=O) groups is 1. The SMILES string of the molecule is CC1Cc2cc(-c3ccc(CNC(=O)[C@@H](N)C(C)C)cc3)ccc2O1. The maximum Gasteiger partial charge on any atom is 0.237 e. The van der Waals surface area contributed by atoms with Crippen molar-refractivity contribution in [2.45, 2.75) is 45.9 Å². The van der Waals surface area contributed by atoms with Gasteiger partial charge in [-0.3, -0.25) is 4.79 Å². The lowest BCUT2D eigenvalue weighted by molar-refractivity contribution is -0.123. The van der Waals surface area contributed by atoms with Gasteiger partial charge in [-0.1, -0.05) is 44.2 Å². The molecule has 0 spiro atoms. The minimum Gasteiger partial charge on any atom is -0.490 e. The maximum atomic E-state index is 11.9. The van der Waals surface area contributed by atoms with Crippen molar-refractivity contribution in [3.63, 3.8) is 0 Å². The Kier molecular flexibility index (Phi) is 5.09. The summed E-state index contributed by atoms with van der Waals surface area (Å²) in [7, 11) is 0. The van der Waals surface area contributed by atoms with E-state index >= 15 is 0 Å². The van der Waals surface area contributed by atoms with E-state index in [0.29, 0.717) is 6.54 Å². The molecule has 3 N–H and O–H groups in total. The molecule has 2 aromatic rings. The van der Waals surface area contributed by atoms with Crippen LogP contribution in [0, 0.1) is 5.92 Å². The fourth-order valence-electron chi connectivity index (χ4n) is 3.03. The summed E-state index contributed by atoms with van der Waals surface area (Å²) in [5, 5.41) is 2.90. The van der Waals surface area contributed by atoms with Gasteiger partial charge >= 0.3 is 0 Å². The molecule has 2 atom stereocenters. The zero-order valence-corrected chi connectivity index (χ0v) is 15.1. The van der Waals surface area contributed by atoms with Crippen molar-refractivity contribution in [2.75, 3.05) is 0 Å². The number of nitrogens with two attached hydrogens (primary N) is 1. The molecule has 1 aliphatic heterocycles. The molecule has 1 heterocycles. The number of amides is 1. The summed E-state index contributed by atoms with van der Waals surface area (Å²) in [5.74, 6) is 1.03. The summed E-state index contributed by atoms with van der Waals surface area (Å²) in [5.41, 5.74) is 10.5. The van der Waals surface area contributed by atoms with Crippen LogP contribution >= 0.6 is 0 Å². The fourth-order valence-corrected chi connectivity index (χ4v) is 3.03. The Bertz CT molecular complexity index is 753. The summed E-state index contributed by atoms with van der Waals surface area (Å²) >= 11 is 0. The molecule has 0 saturated heterocycles. The van der Waals surface area contributed by atoms with Crippen LogP contribution in [0.4, 0.5) is 0 Å². The van der Waals surface area contributed by atoms with Crippen LogP contribution in [0.15, 0.2) is 42.5 Å². The topological polar surface area (TPSA) is 64.4 Å². The van der Waals surface area contributed by atoms with Crippen molar-refractivity contribution in [1.29, 1.82) is 0 Å². The van der Waals surface area contributed by atoms with Gasteiger partial charge in [-0.25, -0.2) is 0 Å². The molecule has 132 valence electrons. The van der Waals surface area contributed by atoms with E-state index in [-0.39, 0.29) is 17.9 Å². The number of benzene rings is 2. The van der Waals surface area contributed by atoms with Gasteiger partial charge in [-0.05, 0) is 47.2 Å². The van der Waals surface area contributed by atoms with Crippen LogP contribution in [0.1, 0.15) is 31.9 Å². The predicted octanol–water partition coefficient (Wildman–Crippen LogP) is 3.28. The van der Waals surface area contributed by atoms with E-state index in [1.54, 1.807) is 0 Å². The normalized spacial score (nSPS) is 17.1. The molecule has 0 radical (unpaired) electrons. The molecular weight excluding hydrogens is 312 g/mol. The first-order valence-electron chi connectivity index (χ1n) is 8.86.